The predicted octanol–water partition coefficient (Wildman–Crippen LogP) is 15.5. The summed E-state index contributed by atoms with van der Waals surface area (Å²) < 4.78 is 7.04. The van der Waals surface area contributed by atoms with Gasteiger partial charge in [0.15, 0.2) is 0 Å². The Labute approximate surface area is 325 Å². The summed E-state index contributed by atoms with van der Waals surface area (Å²) >= 11 is 0. The lowest BCUT2D eigenvalue weighted by Crippen LogP contribution is -2.16. The smallest absolute Gasteiger partial charge is 0.143 e. The van der Waals surface area contributed by atoms with Crippen LogP contribution < -0.4 is 0 Å². The van der Waals surface area contributed by atoms with Crippen LogP contribution in [-0.4, -0.2) is 0 Å². The van der Waals surface area contributed by atoms with E-state index in [1.54, 1.807) is 0 Å². The van der Waals surface area contributed by atoms with E-state index < -0.39 is 0 Å². The number of benzene rings is 10. The van der Waals surface area contributed by atoms with Crippen molar-refractivity contribution in [3.8, 4) is 44.5 Å². The molecule has 1 heterocycles. The highest BCUT2D eigenvalue weighted by Gasteiger charge is 2.40. The minimum absolute atomic E-state index is 0.240. The summed E-state index contributed by atoms with van der Waals surface area (Å²) in [7, 11) is 0. The molecular weight excluding hydrogens is 677 g/mol. The van der Waals surface area contributed by atoms with Crippen LogP contribution in [0.1, 0.15) is 25.0 Å². The first-order valence-electron chi connectivity index (χ1n) is 19.6. The van der Waals surface area contributed by atoms with Crippen molar-refractivity contribution in [2.45, 2.75) is 19.3 Å². The van der Waals surface area contributed by atoms with Gasteiger partial charge in [-0.15, -0.1) is 0 Å². The van der Waals surface area contributed by atoms with Crippen LogP contribution in [0.3, 0.4) is 0 Å². The SMILES string of the molecule is CC1(C)c2ccccc2-c2c1c(-c1ccc(-c3c4ccccc4c(-c4ccccc4)c4ccccc34)c3ccccc13)cc1c2oc2c3ccccc3ccc12. The standard InChI is InChI=1S/C55H36O/c1-55(2)48-27-15-14-26-45(48)51-52(55)46(32-47-44-29-28-33-16-6-7-19-35(33)53(44)56-54(47)51)38-30-31-43(37-21-9-8-20-36(37)38)50-41-24-12-10-22-39(41)49(34-17-4-3-5-18-34)40-23-11-13-25-42(40)50/h3-32H,1-2H3. The van der Waals surface area contributed by atoms with E-state index in [4.69, 9.17) is 4.42 Å². The van der Waals surface area contributed by atoms with Crippen LogP contribution in [0.4, 0.5) is 0 Å². The highest BCUT2D eigenvalue weighted by atomic mass is 16.3. The molecule has 0 unspecified atom stereocenters. The van der Waals surface area contributed by atoms with E-state index in [0.29, 0.717) is 0 Å². The zero-order valence-electron chi connectivity index (χ0n) is 31.2. The molecule has 0 atom stereocenters. The molecular formula is C55H36O. The number of hydrogen-bond acceptors (Lipinski definition) is 1. The summed E-state index contributed by atoms with van der Waals surface area (Å²) in [5, 5.41) is 12.2. The summed E-state index contributed by atoms with van der Waals surface area (Å²) in [6.07, 6.45) is 0. The van der Waals surface area contributed by atoms with Gasteiger partial charge < -0.3 is 4.42 Å². The molecule has 1 nitrogen and oxygen atoms in total. The second-order valence-electron chi connectivity index (χ2n) is 15.9. The number of hydrogen-bond donors (Lipinski definition) is 0. The van der Waals surface area contributed by atoms with Crippen LogP contribution in [0.5, 0.6) is 0 Å². The zero-order valence-corrected chi connectivity index (χ0v) is 31.2. The van der Waals surface area contributed by atoms with E-state index in [1.807, 2.05) is 0 Å². The Morgan fingerprint density at radius 2 is 0.893 bits per heavy atom. The Balaban J connectivity index is 1.19. The molecule has 0 amide bonds. The second kappa shape index (κ2) is 11.5. The lowest BCUT2D eigenvalue weighted by molar-refractivity contribution is 0.655. The molecule has 1 aliphatic rings. The summed E-state index contributed by atoms with van der Waals surface area (Å²) in [6.45, 7) is 4.77. The Hall–Kier alpha value is -6.96. The van der Waals surface area contributed by atoms with Gasteiger partial charge in [0, 0.05) is 27.1 Å². The van der Waals surface area contributed by atoms with Gasteiger partial charge in [0.25, 0.3) is 0 Å². The molecule has 12 rings (SSSR count). The maximum Gasteiger partial charge on any atom is 0.143 e. The molecule has 10 aromatic carbocycles. The van der Waals surface area contributed by atoms with Gasteiger partial charge in [-0.2, -0.15) is 0 Å². The van der Waals surface area contributed by atoms with E-state index in [2.05, 4.69) is 196 Å². The molecule has 0 saturated carbocycles. The van der Waals surface area contributed by atoms with Crippen molar-refractivity contribution in [3.63, 3.8) is 0 Å². The molecule has 0 aliphatic heterocycles. The minimum atomic E-state index is -0.240. The minimum Gasteiger partial charge on any atom is -0.455 e. The molecule has 56 heavy (non-hydrogen) atoms. The molecule has 1 aliphatic carbocycles. The summed E-state index contributed by atoms with van der Waals surface area (Å²) in [5.74, 6) is 0. The average molecular weight is 713 g/mol. The first kappa shape index (κ1) is 31.4. The molecule has 1 aromatic heterocycles. The van der Waals surface area contributed by atoms with Crippen molar-refractivity contribution in [1.82, 2.24) is 0 Å². The van der Waals surface area contributed by atoms with Crippen LogP contribution in [0, 0.1) is 0 Å². The summed E-state index contributed by atoms with van der Waals surface area (Å²) in [5.41, 5.74) is 14.4. The van der Waals surface area contributed by atoms with Gasteiger partial charge in [0.1, 0.15) is 11.2 Å². The monoisotopic (exact) mass is 712 g/mol. The highest BCUT2D eigenvalue weighted by molar-refractivity contribution is 6.25. The lowest BCUT2D eigenvalue weighted by atomic mass is 9.77. The van der Waals surface area contributed by atoms with Gasteiger partial charge in [-0.3, -0.25) is 0 Å². The Bertz CT molecular complexity index is 3380. The summed E-state index contributed by atoms with van der Waals surface area (Å²) in [6, 6.07) is 67.0. The Morgan fingerprint density at radius 1 is 0.339 bits per heavy atom. The van der Waals surface area contributed by atoms with Crippen LogP contribution in [0.15, 0.2) is 186 Å². The van der Waals surface area contributed by atoms with Gasteiger partial charge in [0.05, 0.1) is 0 Å². The molecule has 1 heteroatoms. The average Bonchev–Trinajstić information content (AvgIpc) is 3.75. The highest BCUT2D eigenvalue weighted by Crippen LogP contribution is 2.57. The third-order valence-electron chi connectivity index (χ3n) is 12.6. The van der Waals surface area contributed by atoms with Gasteiger partial charge in [-0.1, -0.05) is 184 Å². The van der Waals surface area contributed by atoms with Crippen molar-refractivity contribution < 1.29 is 4.42 Å². The molecule has 262 valence electrons. The number of rotatable bonds is 3. The van der Waals surface area contributed by atoms with Crippen LogP contribution in [-0.2, 0) is 5.41 Å². The van der Waals surface area contributed by atoms with Crippen LogP contribution in [0.25, 0.3) is 110 Å². The van der Waals surface area contributed by atoms with Gasteiger partial charge >= 0.3 is 0 Å². The van der Waals surface area contributed by atoms with E-state index in [-0.39, 0.29) is 5.41 Å². The van der Waals surface area contributed by atoms with Crippen molar-refractivity contribution >= 4 is 65.0 Å². The van der Waals surface area contributed by atoms with Gasteiger partial charge in [0.2, 0.25) is 0 Å². The maximum absolute atomic E-state index is 7.04. The van der Waals surface area contributed by atoms with Crippen molar-refractivity contribution in [2.75, 3.05) is 0 Å². The van der Waals surface area contributed by atoms with Crippen molar-refractivity contribution in [2.24, 2.45) is 0 Å². The normalized spacial score (nSPS) is 13.3. The molecule has 0 saturated heterocycles. The third kappa shape index (κ3) is 4.20. The van der Waals surface area contributed by atoms with Gasteiger partial charge in [-0.05, 0) is 99.9 Å². The molecule has 0 N–H and O–H groups in total. The Kier molecular flexibility index (Phi) is 6.46. The first-order valence-corrected chi connectivity index (χ1v) is 19.6. The molecule has 0 bridgehead atoms. The van der Waals surface area contributed by atoms with Crippen molar-refractivity contribution in [3.05, 3.63) is 193 Å². The van der Waals surface area contributed by atoms with Crippen LogP contribution >= 0.6 is 0 Å². The van der Waals surface area contributed by atoms with E-state index in [9.17, 15) is 0 Å². The fourth-order valence-corrected chi connectivity index (χ4v) is 10.2. The van der Waals surface area contributed by atoms with E-state index in [1.165, 1.54) is 93.3 Å². The molecule has 0 fully saturated rings. The fraction of sp³-hybridized carbons (Fsp3) is 0.0545. The molecule has 0 radical (unpaired) electrons. The second-order valence-corrected chi connectivity index (χ2v) is 15.9. The third-order valence-corrected chi connectivity index (χ3v) is 12.6. The largest absolute Gasteiger partial charge is 0.455 e. The number of furan rings is 1. The lowest BCUT2D eigenvalue weighted by Gasteiger charge is -2.25. The first-order chi connectivity index (χ1) is 27.6. The predicted molar refractivity (Wildman–Crippen MR) is 238 cm³/mol. The fourth-order valence-electron chi connectivity index (χ4n) is 10.2. The Morgan fingerprint density at radius 3 is 1.61 bits per heavy atom. The van der Waals surface area contributed by atoms with E-state index >= 15 is 0 Å². The quantitative estimate of drug-likeness (QED) is 0.166. The molecule has 11 aromatic rings. The van der Waals surface area contributed by atoms with E-state index in [0.717, 1.165) is 27.3 Å². The summed E-state index contributed by atoms with van der Waals surface area (Å²) in [4.78, 5) is 0. The van der Waals surface area contributed by atoms with Crippen molar-refractivity contribution in [1.29, 1.82) is 0 Å². The maximum atomic E-state index is 7.04. The zero-order chi connectivity index (χ0) is 37.1. The topological polar surface area (TPSA) is 13.1 Å². The van der Waals surface area contributed by atoms with Gasteiger partial charge in [-0.25, -0.2) is 0 Å². The number of fused-ring (bicyclic) bond motifs is 12. The van der Waals surface area contributed by atoms with Crippen LogP contribution in [0.2, 0.25) is 0 Å². The molecule has 0 spiro atoms.